The van der Waals surface area contributed by atoms with E-state index in [0.29, 0.717) is 27.9 Å². The highest BCUT2D eigenvalue weighted by Crippen LogP contribution is 2.17. The van der Waals surface area contributed by atoms with Crippen LogP contribution in [0.1, 0.15) is 5.69 Å². The van der Waals surface area contributed by atoms with Gasteiger partial charge >= 0.3 is 0 Å². The summed E-state index contributed by atoms with van der Waals surface area (Å²) in [5.74, 6) is 0.0373. The van der Waals surface area contributed by atoms with Crippen LogP contribution in [-0.4, -0.2) is 24.7 Å². The average molecular weight is 369 g/mol. The van der Waals surface area contributed by atoms with Crippen molar-refractivity contribution in [2.24, 2.45) is 0 Å². The van der Waals surface area contributed by atoms with Crippen molar-refractivity contribution < 1.29 is 4.39 Å². The molecule has 3 heterocycles. The SMILES string of the molecule is O=c1cc(CSc2ncccn2)[nH]c2[nH]n(-c3ccc(F)cc3)c(=O)c12. The second-order valence-corrected chi connectivity index (χ2v) is 6.40. The zero-order valence-corrected chi connectivity index (χ0v) is 14.1. The Kier molecular flexibility index (Phi) is 4.13. The van der Waals surface area contributed by atoms with E-state index < -0.39 is 11.4 Å². The maximum Gasteiger partial charge on any atom is 0.284 e. The van der Waals surface area contributed by atoms with E-state index in [1.54, 1.807) is 18.5 Å². The lowest BCUT2D eigenvalue weighted by atomic mass is 10.3. The van der Waals surface area contributed by atoms with E-state index in [4.69, 9.17) is 0 Å². The van der Waals surface area contributed by atoms with Gasteiger partial charge in [-0.2, -0.15) is 0 Å². The lowest BCUT2D eigenvalue weighted by Crippen LogP contribution is -2.18. The molecular weight excluding hydrogens is 357 g/mol. The van der Waals surface area contributed by atoms with E-state index in [2.05, 4.69) is 20.1 Å². The molecule has 26 heavy (non-hydrogen) atoms. The Morgan fingerprint density at radius 3 is 2.58 bits per heavy atom. The number of benzene rings is 1. The third kappa shape index (κ3) is 3.04. The first-order chi connectivity index (χ1) is 12.6. The summed E-state index contributed by atoms with van der Waals surface area (Å²) in [6, 6.07) is 8.53. The molecule has 0 aliphatic heterocycles. The molecule has 0 spiro atoms. The van der Waals surface area contributed by atoms with Gasteiger partial charge in [0.2, 0.25) is 0 Å². The van der Waals surface area contributed by atoms with Gasteiger partial charge in [-0.15, -0.1) is 0 Å². The van der Waals surface area contributed by atoms with Gasteiger partial charge < -0.3 is 4.98 Å². The van der Waals surface area contributed by atoms with Gasteiger partial charge in [0.1, 0.15) is 16.9 Å². The molecule has 0 fully saturated rings. The predicted octanol–water partition coefficient (Wildman–Crippen LogP) is 2.23. The standard InChI is InChI=1S/C17H12FN5O2S/c18-10-2-4-12(5-3-10)23-16(25)14-13(24)8-11(21-15(14)22-23)9-26-17-19-6-1-7-20-17/h1-8H,9H2,(H2,21,22,24). The van der Waals surface area contributed by atoms with Gasteiger partial charge in [-0.25, -0.2) is 19.0 Å². The molecule has 0 aliphatic rings. The molecule has 2 N–H and O–H groups in total. The number of aromatic amines is 2. The number of pyridine rings is 1. The number of fused-ring (bicyclic) bond motifs is 1. The molecule has 0 saturated heterocycles. The summed E-state index contributed by atoms with van der Waals surface area (Å²) in [6.07, 6.45) is 3.28. The molecule has 0 unspecified atom stereocenters. The summed E-state index contributed by atoms with van der Waals surface area (Å²) in [6.45, 7) is 0. The van der Waals surface area contributed by atoms with Crippen LogP contribution in [0.15, 0.2) is 63.5 Å². The molecule has 3 aromatic heterocycles. The monoisotopic (exact) mass is 369 g/mol. The van der Waals surface area contributed by atoms with Gasteiger partial charge in [0.25, 0.3) is 5.56 Å². The van der Waals surface area contributed by atoms with Crippen molar-refractivity contribution in [1.29, 1.82) is 0 Å². The van der Waals surface area contributed by atoms with Crippen molar-refractivity contribution in [3.05, 3.63) is 80.9 Å². The molecule has 0 amide bonds. The van der Waals surface area contributed by atoms with Gasteiger partial charge in [0.05, 0.1) is 5.69 Å². The van der Waals surface area contributed by atoms with E-state index in [1.807, 2.05) is 0 Å². The fraction of sp³-hybridized carbons (Fsp3) is 0.0588. The first-order valence-electron chi connectivity index (χ1n) is 7.64. The zero-order chi connectivity index (χ0) is 18.1. The topological polar surface area (TPSA) is 96.4 Å². The van der Waals surface area contributed by atoms with Crippen molar-refractivity contribution in [2.75, 3.05) is 0 Å². The second kappa shape index (κ2) is 6.60. The highest BCUT2D eigenvalue weighted by Gasteiger charge is 2.13. The summed E-state index contributed by atoms with van der Waals surface area (Å²) < 4.78 is 14.3. The van der Waals surface area contributed by atoms with Gasteiger partial charge in [-0.05, 0) is 30.3 Å². The maximum absolute atomic E-state index is 13.1. The minimum absolute atomic E-state index is 0.0269. The number of rotatable bonds is 4. The summed E-state index contributed by atoms with van der Waals surface area (Å²) in [5, 5.41) is 3.48. The fourth-order valence-electron chi connectivity index (χ4n) is 2.54. The molecule has 0 atom stereocenters. The van der Waals surface area contributed by atoms with Crippen LogP contribution < -0.4 is 11.0 Å². The van der Waals surface area contributed by atoms with Crippen molar-refractivity contribution in [3.63, 3.8) is 0 Å². The van der Waals surface area contributed by atoms with Crippen molar-refractivity contribution in [1.82, 2.24) is 24.7 Å². The molecule has 0 bridgehead atoms. The number of nitrogens with one attached hydrogen (secondary N) is 2. The van der Waals surface area contributed by atoms with Crippen LogP contribution in [0.5, 0.6) is 0 Å². The number of thioether (sulfide) groups is 1. The highest BCUT2D eigenvalue weighted by atomic mass is 32.2. The Morgan fingerprint density at radius 2 is 1.85 bits per heavy atom. The van der Waals surface area contributed by atoms with Crippen molar-refractivity contribution in [2.45, 2.75) is 10.9 Å². The molecule has 0 radical (unpaired) electrons. The quantitative estimate of drug-likeness (QED) is 0.425. The predicted molar refractivity (Wildman–Crippen MR) is 96.1 cm³/mol. The lowest BCUT2D eigenvalue weighted by molar-refractivity contribution is 0.627. The fourth-order valence-corrected chi connectivity index (χ4v) is 3.25. The van der Waals surface area contributed by atoms with E-state index in [9.17, 15) is 14.0 Å². The Balaban J connectivity index is 1.72. The largest absolute Gasteiger partial charge is 0.343 e. The summed E-state index contributed by atoms with van der Waals surface area (Å²) in [7, 11) is 0. The number of aromatic nitrogens is 5. The van der Waals surface area contributed by atoms with E-state index >= 15 is 0 Å². The van der Waals surface area contributed by atoms with Crippen LogP contribution in [0.2, 0.25) is 0 Å². The number of nitrogens with zero attached hydrogens (tertiary/aromatic N) is 3. The Labute approximate surface area is 149 Å². The Hall–Kier alpha value is -3.20. The molecular formula is C17H12FN5O2S. The van der Waals surface area contributed by atoms with Crippen molar-refractivity contribution >= 4 is 22.8 Å². The van der Waals surface area contributed by atoms with Gasteiger partial charge in [-0.1, -0.05) is 11.8 Å². The molecule has 7 nitrogen and oxygen atoms in total. The zero-order valence-electron chi connectivity index (χ0n) is 13.3. The number of H-pyrrole nitrogens is 2. The molecule has 9 heteroatoms. The molecule has 1 aromatic carbocycles. The van der Waals surface area contributed by atoms with E-state index in [-0.39, 0.29) is 10.8 Å². The minimum Gasteiger partial charge on any atom is -0.343 e. The smallest absolute Gasteiger partial charge is 0.284 e. The Bertz CT molecular complexity index is 1180. The first kappa shape index (κ1) is 16.3. The van der Waals surface area contributed by atoms with Crippen LogP contribution in [0.3, 0.4) is 0 Å². The van der Waals surface area contributed by atoms with Gasteiger partial charge in [0, 0.05) is 29.9 Å². The number of hydrogen-bond donors (Lipinski definition) is 2. The van der Waals surface area contributed by atoms with Crippen LogP contribution >= 0.6 is 11.8 Å². The summed E-state index contributed by atoms with van der Waals surface area (Å²) in [5.41, 5.74) is 0.516. The number of halogens is 1. The minimum atomic E-state index is -0.488. The molecule has 4 rings (SSSR count). The average Bonchev–Trinajstić information content (AvgIpc) is 2.98. The van der Waals surface area contributed by atoms with Gasteiger partial charge in [-0.3, -0.25) is 14.7 Å². The van der Waals surface area contributed by atoms with E-state index in [0.717, 1.165) is 0 Å². The maximum atomic E-state index is 13.1. The molecule has 0 saturated carbocycles. The van der Waals surface area contributed by atoms with E-state index in [1.165, 1.54) is 46.8 Å². The molecule has 0 aliphatic carbocycles. The second-order valence-electron chi connectivity index (χ2n) is 5.46. The van der Waals surface area contributed by atoms with Crippen LogP contribution in [0, 0.1) is 5.82 Å². The summed E-state index contributed by atoms with van der Waals surface area (Å²) >= 11 is 1.37. The molecule has 4 aromatic rings. The Morgan fingerprint density at radius 1 is 1.12 bits per heavy atom. The van der Waals surface area contributed by atoms with Crippen LogP contribution in [0.4, 0.5) is 4.39 Å². The third-order valence-corrected chi connectivity index (χ3v) is 4.64. The number of hydrogen-bond acceptors (Lipinski definition) is 5. The lowest BCUT2D eigenvalue weighted by Gasteiger charge is -2.01. The normalized spacial score (nSPS) is 11.1. The third-order valence-electron chi connectivity index (χ3n) is 3.71. The van der Waals surface area contributed by atoms with Gasteiger partial charge in [0.15, 0.2) is 10.6 Å². The van der Waals surface area contributed by atoms with Crippen molar-refractivity contribution in [3.8, 4) is 5.69 Å². The highest BCUT2D eigenvalue weighted by molar-refractivity contribution is 7.98. The molecule has 130 valence electrons. The first-order valence-corrected chi connectivity index (χ1v) is 8.63. The van der Waals surface area contributed by atoms with Crippen LogP contribution in [0.25, 0.3) is 16.7 Å². The summed E-state index contributed by atoms with van der Waals surface area (Å²) in [4.78, 5) is 36.2. The van der Waals surface area contributed by atoms with Crippen LogP contribution in [-0.2, 0) is 5.75 Å².